The molecule has 0 bridgehead atoms. The lowest BCUT2D eigenvalue weighted by atomic mass is 10.1. The van der Waals surface area contributed by atoms with Crippen molar-refractivity contribution >= 4 is 16.9 Å². The minimum Gasteiger partial charge on any atom is -0.494 e. The van der Waals surface area contributed by atoms with E-state index in [9.17, 15) is 0 Å². The first-order valence-corrected chi connectivity index (χ1v) is 9.52. The molecule has 0 fully saturated rings. The van der Waals surface area contributed by atoms with Gasteiger partial charge >= 0.3 is 0 Å². The second kappa shape index (κ2) is 9.76. The second-order valence-electron chi connectivity index (χ2n) is 6.58. The highest BCUT2D eigenvalue weighted by Crippen LogP contribution is 2.19. The Kier molecular flexibility index (Phi) is 6.82. The maximum atomic E-state index is 5.83. The van der Waals surface area contributed by atoms with Gasteiger partial charge in [0.1, 0.15) is 5.75 Å². The summed E-state index contributed by atoms with van der Waals surface area (Å²) in [4.78, 5) is 8.74. The van der Waals surface area contributed by atoms with Gasteiger partial charge in [-0.25, -0.2) is 9.97 Å². The molecule has 0 amide bonds. The zero-order valence-electron chi connectivity index (χ0n) is 15.2. The van der Waals surface area contributed by atoms with Crippen molar-refractivity contribution in [2.24, 2.45) is 0 Å². The predicted molar refractivity (Wildman–Crippen MR) is 107 cm³/mol. The Labute approximate surface area is 155 Å². The fraction of sp³-hybridized carbons (Fsp3) is 0.364. The first-order valence-electron chi connectivity index (χ1n) is 9.52. The molecule has 0 saturated carbocycles. The van der Waals surface area contributed by atoms with Gasteiger partial charge in [0.15, 0.2) is 0 Å². The fourth-order valence-electron chi connectivity index (χ4n) is 3.16. The first-order chi connectivity index (χ1) is 12.8. The van der Waals surface area contributed by atoms with Crippen LogP contribution in [0, 0.1) is 0 Å². The molecule has 2 aromatic carbocycles. The van der Waals surface area contributed by atoms with Crippen molar-refractivity contribution in [2.45, 2.75) is 44.9 Å². The average Bonchev–Trinajstić information content (AvgIpc) is 2.67. The van der Waals surface area contributed by atoms with Crippen LogP contribution >= 0.6 is 0 Å². The molecule has 26 heavy (non-hydrogen) atoms. The predicted octanol–water partition coefficient (Wildman–Crippen LogP) is 5.17. The number of unbranched alkanes of at least 4 members (excludes halogenated alkanes) is 5. The Morgan fingerprint density at radius 2 is 1.42 bits per heavy atom. The normalized spacial score (nSPS) is 10.9. The zero-order chi connectivity index (χ0) is 18.0. The Morgan fingerprint density at radius 3 is 2.27 bits per heavy atom. The number of nitrogens with zero attached hydrogens (tertiary/aromatic N) is 2. The number of rotatable bonds is 10. The number of nitrogen functional groups attached to an aromatic ring is 1. The summed E-state index contributed by atoms with van der Waals surface area (Å²) in [6.45, 7) is 0.802. The molecule has 0 spiro atoms. The van der Waals surface area contributed by atoms with E-state index >= 15 is 0 Å². The van der Waals surface area contributed by atoms with Gasteiger partial charge in [-0.1, -0.05) is 62.1 Å². The largest absolute Gasteiger partial charge is 0.494 e. The lowest BCUT2D eigenvalue weighted by Gasteiger charge is -2.07. The molecule has 3 aromatic rings. The molecule has 0 atom stereocenters. The molecule has 1 heterocycles. The number of aromatic nitrogens is 2. The number of anilines is 1. The summed E-state index contributed by atoms with van der Waals surface area (Å²) in [5, 5.41) is 1.12. The topological polar surface area (TPSA) is 61.0 Å². The van der Waals surface area contributed by atoms with Gasteiger partial charge in [-0.3, -0.25) is 0 Å². The minimum atomic E-state index is 0.372. The number of hydrogen-bond acceptors (Lipinski definition) is 4. The lowest BCUT2D eigenvalue weighted by molar-refractivity contribution is 0.304. The van der Waals surface area contributed by atoms with Crippen molar-refractivity contribution < 1.29 is 4.74 Å². The Bertz CT molecular complexity index is 805. The van der Waals surface area contributed by atoms with Crippen molar-refractivity contribution in [1.82, 2.24) is 9.97 Å². The molecule has 1 aromatic heterocycles. The van der Waals surface area contributed by atoms with Crippen LogP contribution in [-0.2, 0) is 6.42 Å². The third-order valence-corrected chi connectivity index (χ3v) is 4.52. The summed E-state index contributed by atoms with van der Waals surface area (Å²) in [6, 6.07) is 18.1. The maximum Gasteiger partial charge on any atom is 0.220 e. The van der Waals surface area contributed by atoms with E-state index in [0.29, 0.717) is 5.95 Å². The van der Waals surface area contributed by atoms with E-state index in [1.54, 1.807) is 0 Å². The van der Waals surface area contributed by atoms with Crippen LogP contribution in [0.1, 0.15) is 44.2 Å². The van der Waals surface area contributed by atoms with Crippen LogP contribution in [0.25, 0.3) is 10.9 Å². The highest BCUT2D eigenvalue weighted by molar-refractivity contribution is 5.81. The number of aryl methyl sites for hydroxylation is 1. The Balaban J connectivity index is 1.30. The lowest BCUT2D eigenvalue weighted by Crippen LogP contribution is -2.01. The SMILES string of the molecule is Nc1nc(CCCCCCCCOc2ccccc2)c2ccccc2n1. The highest BCUT2D eigenvalue weighted by Gasteiger charge is 2.05. The first kappa shape index (κ1) is 18.2. The zero-order valence-corrected chi connectivity index (χ0v) is 15.2. The van der Waals surface area contributed by atoms with Crippen molar-refractivity contribution in [3.05, 3.63) is 60.3 Å². The number of fused-ring (bicyclic) bond motifs is 1. The molecule has 0 aliphatic heterocycles. The van der Waals surface area contributed by atoms with Crippen LogP contribution in [-0.4, -0.2) is 16.6 Å². The van der Waals surface area contributed by atoms with E-state index in [1.165, 1.54) is 25.7 Å². The summed E-state index contributed by atoms with van der Waals surface area (Å²) in [5.41, 5.74) is 7.84. The van der Waals surface area contributed by atoms with Crippen LogP contribution in [0.15, 0.2) is 54.6 Å². The fourth-order valence-corrected chi connectivity index (χ4v) is 3.16. The number of benzene rings is 2. The number of para-hydroxylation sites is 2. The quantitative estimate of drug-likeness (QED) is 0.513. The molecule has 0 aliphatic rings. The summed E-state index contributed by atoms with van der Waals surface area (Å²) >= 11 is 0. The average molecular weight is 349 g/mol. The van der Waals surface area contributed by atoms with Gasteiger partial charge in [0.2, 0.25) is 5.95 Å². The van der Waals surface area contributed by atoms with Crippen LogP contribution in [0.3, 0.4) is 0 Å². The molecule has 0 aliphatic carbocycles. The summed E-state index contributed by atoms with van der Waals surface area (Å²) < 4.78 is 5.72. The molecular weight excluding hydrogens is 322 g/mol. The van der Waals surface area contributed by atoms with Crippen molar-refractivity contribution in [3.63, 3.8) is 0 Å². The van der Waals surface area contributed by atoms with Crippen LogP contribution in [0.4, 0.5) is 5.95 Å². The maximum absolute atomic E-state index is 5.83. The van der Waals surface area contributed by atoms with E-state index in [0.717, 1.165) is 48.2 Å². The molecule has 0 unspecified atom stereocenters. The standard InChI is InChI=1S/C22H27N3O/c23-22-24-20(19-14-9-10-16-21(19)25-22)15-8-3-1-2-4-11-17-26-18-12-6-5-7-13-18/h5-7,9-10,12-14,16H,1-4,8,11,15,17H2,(H2,23,24,25). The summed E-state index contributed by atoms with van der Waals surface area (Å²) in [7, 11) is 0. The molecular formula is C22H27N3O. The van der Waals surface area contributed by atoms with Crippen LogP contribution < -0.4 is 10.5 Å². The number of ether oxygens (including phenoxy) is 1. The van der Waals surface area contributed by atoms with Gasteiger partial charge in [-0.2, -0.15) is 0 Å². The molecule has 4 heteroatoms. The Hall–Kier alpha value is -2.62. The van der Waals surface area contributed by atoms with E-state index in [4.69, 9.17) is 10.5 Å². The molecule has 0 saturated heterocycles. The van der Waals surface area contributed by atoms with Gasteiger partial charge in [0, 0.05) is 5.39 Å². The van der Waals surface area contributed by atoms with Crippen LogP contribution in [0.2, 0.25) is 0 Å². The smallest absolute Gasteiger partial charge is 0.220 e. The molecule has 3 rings (SSSR count). The van der Waals surface area contributed by atoms with E-state index < -0.39 is 0 Å². The molecule has 136 valence electrons. The van der Waals surface area contributed by atoms with Gasteiger partial charge in [0.05, 0.1) is 17.8 Å². The third-order valence-electron chi connectivity index (χ3n) is 4.52. The van der Waals surface area contributed by atoms with Gasteiger partial charge in [0.25, 0.3) is 0 Å². The third kappa shape index (κ3) is 5.45. The van der Waals surface area contributed by atoms with Crippen molar-refractivity contribution in [1.29, 1.82) is 0 Å². The van der Waals surface area contributed by atoms with Crippen LogP contribution in [0.5, 0.6) is 5.75 Å². The number of nitrogens with two attached hydrogens (primary N) is 1. The summed E-state index contributed by atoms with van der Waals surface area (Å²) in [6.07, 6.45) is 8.16. The second-order valence-corrected chi connectivity index (χ2v) is 6.58. The van der Waals surface area contributed by atoms with Crippen molar-refractivity contribution in [2.75, 3.05) is 12.3 Å². The molecule has 4 nitrogen and oxygen atoms in total. The van der Waals surface area contributed by atoms with Gasteiger partial charge < -0.3 is 10.5 Å². The number of hydrogen-bond donors (Lipinski definition) is 1. The summed E-state index contributed by atoms with van der Waals surface area (Å²) in [5.74, 6) is 1.33. The van der Waals surface area contributed by atoms with E-state index in [2.05, 4.69) is 16.0 Å². The minimum absolute atomic E-state index is 0.372. The van der Waals surface area contributed by atoms with Gasteiger partial charge in [-0.05, 0) is 37.5 Å². The van der Waals surface area contributed by atoms with Crippen molar-refractivity contribution in [3.8, 4) is 5.75 Å². The Morgan fingerprint density at radius 1 is 0.731 bits per heavy atom. The van der Waals surface area contributed by atoms with E-state index in [-0.39, 0.29) is 0 Å². The molecule has 0 radical (unpaired) electrons. The monoisotopic (exact) mass is 349 g/mol. The van der Waals surface area contributed by atoms with Gasteiger partial charge in [-0.15, -0.1) is 0 Å². The van der Waals surface area contributed by atoms with E-state index in [1.807, 2.05) is 48.5 Å². The molecule has 2 N–H and O–H groups in total. The highest BCUT2D eigenvalue weighted by atomic mass is 16.5.